The van der Waals surface area contributed by atoms with Crippen LogP contribution in [0.25, 0.3) is 0 Å². The Morgan fingerprint density at radius 3 is 2.81 bits per heavy atom. The first kappa shape index (κ1) is 15.5. The zero-order chi connectivity index (χ0) is 15.6. The van der Waals surface area contributed by atoms with Gasteiger partial charge in [-0.1, -0.05) is 6.92 Å². The highest BCUT2D eigenvalue weighted by atomic mass is 32.1. The van der Waals surface area contributed by atoms with Crippen LogP contribution in [-0.2, 0) is 16.0 Å². The van der Waals surface area contributed by atoms with Gasteiger partial charge in [0.1, 0.15) is 6.04 Å². The second-order valence-corrected chi connectivity index (χ2v) is 6.21. The van der Waals surface area contributed by atoms with Crippen LogP contribution in [0.4, 0.5) is 0 Å². The van der Waals surface area contributed by atoms with E-state index >= 15 is 0 Å². The minimum Gasteiger partial charge on any atom is -0.481 e. The number of aryl methyl sites for hydroxylation is 2. The quantitative estimate of drug-likeness (QED) is 0.870. The van der Waals surface area contributed by atoms with Crippen LogP contribution in [-0.4, -0.2) is 46.9 Å². The lowest BCUT2D eigenvalue weighted by Gasteiger charge is -2.33. The minimum atomic E-state index is -1.09. The number of hydrogen-bond acceptors (Lipinski definition) is 4. The van der Waals surface area contributed by atoms with Crippen molar-refractivity contribution in [3.8, 4) is 0 Å². The molecule has 2 rings (SSSR count). The molecule has 1 aromatic rings. The maximum Gasteiger partial charge on any atom is 0.305 e. The number of amides is 2. The molecule has 2 amide bonds. The highest BCUT2D eigenvalue weighted by Gasteiger charge is 2.35. The molecule has 1 fully saturated rings. The predicted octanol–water partition coefficient (Wildman–Crippen LogP) is 1.03. The Bertz CT molecular complexity index is 582. The molecule has 6 nitrogen and oxygen atoms in total. The largest absolute Gasteiger partial charge is 0.481 e. The van der Waals surface area contributed by atoms with Crippen LogP contribution >= 0.6 is 11.3 Å². The Balaban J connectivity index is 2.25. The molecule has 0 saturated carbocycles. The van der Waals surface area contributed by atoms with E-state index in [1.807, 2.05) is 19.9 Å². The molecule has 2 heterocycles. The number of hydrogen-bond donors (Lipinski definition) is 2. The van der Waals surface area contributed by atoms with Crippen molar-refractivity contribution in [3.63, 3.8) is 0 Å². The van der Waals surface area contributed by atoms with E-state index < -0.39 is 17.9 Å². The monoisotopic (exact) mass is 310 g/mol. The number of carboxylic acids is 1. The first-order chi connectivity index (χ1) is 9.93. The molecule has 1 atom stereocenters. The number of carbonyl (C=O) groups excluding carboxylic acids is 2. The van der Waals surface area contributed by atoms with Crippen LogP contribution in [0, 0.1) is 6.92 Å². The average Bonchev–Trinajstić information content (AvgIpc) is 2.81. The maximum atomic E-state index is 12.6. The number of aliphatic carboxylic acids is 1. The van der Waals surface area contributed by atoms with Crippen molar-refractivity contribution in [2.75, 3.05) is 13.1 Å². The lowest BCUT2D eigenvalue weighted by atomic mass is 10.1. The maximum absolute atomic E-state index is 12.6. The number of carboxylic acid groups (broad SMARTS) is 1. The summed E-state index contributed by atoms with van der Waals surface area (Å²) in [7, 11) is 0. The lowest BCUT2D eigenvalue weighted by Crippen LogP contribution is -2.57. The van der Waals surface area contributed by atoms with Crippen molar-refractivity contribution in [3.05, 3.63) is 21.4 Å². The lowest BCUT2D eigenvalue weighted by molar-refractivity contribution is -0.142. The molecule has 0 aliphatic carbocycles. The fourth-order valence-electron chi connectivity index (χ4n) is 2.44. The summed E-state index contributed by atoms with van der Waals surface area (Å²) in [6.07, 6.45) is 0.469. The highest BCUT2D eigenvalue weighted by molar-refractivity contribution is 7.14. The molecular weight excluding hydrogens is 292 g/mol. The van der Waals surface area contributed by atoms with Crippen LogP contribution in [0.15, 0.2) is 6.07 Å². The summed E-state index contributed by atoms with van der Waals surface area (Å²) in [5.74, 6) is -1.75. The van der Waals surface area contributed by atoms with Gasteiger partial charge >= 0.3 is 5.97 Å². The van der Waals surface area contributed by atoms with Gasteiger partial charge in [-0.2, -0.15) is 0 Å². The molecule has 1 aliphatic rings. The van der Waals surface area contributed by atoms with Crippen LogP contribution in [0.2, 0.25) is 0 Å². The van der Waals surface area contributed by atoms with Crippen molar-refractivity contribution in [1.29, 1.82) is 0 Å². The van der Waals surface area contributed by atoms with Crippen LogP contribution < -0.4 is 5.32 Å². The summed E-state index contributed by atoms with van der Waals surface area (Å²) in [6.45, 7) is 4.66. The van der Waals surface area contributed by atoms with E-state index in [0.29, 0.717) is 18.0 Å². The second kappa shape index (κ2) is 6.26. The first-order valence-corrected chi connectivity index (χ1v) is 7.65. The highest BCUT2D eigenvalue weighted by Crippen LogP contribution is 2.25. The SMILES string of the molecule is CCc1cc(C(=O)N2CCNC(=O)C2CC(=O)O)sc1C. The Kier molecular flexibility index (Phi) is 4.62. The van der Waals surface area contributed by atoms with Gasteiger partial charge in [-0.25, -0.2) is 0 Å². The summed E-state index contributed by atoms with van der Waals surface area (Å²) >= 11 is 1.39. The summed E-state index contributed by atoms with van der Waals surface area (Å²) in [5.41, 5.74) is 1.11. The van der Waals surface area contributed by atoms with Crippen LogP contribution in [0.3, 0.4) is 0 Å². The zero-order valence-corrected chi connectivity index (χ0v) is 12.8. The summed E-state index contributed by atoms with van der Waals surface area (Å²) in [6, 6.07) is 0.906. The molecule has 1 aliphatic heterocycles. The fourth-order valence-corrected chi connectivity index (χ4v) is 3.51. The van der Waals surface area contributed by atoms with Gasteiger partial charge in [0.15, 0.2) is 0 Å². The number of thiophene rings is 1. The average molecular weight is 310 g/mol. The smallest absolute Gasteiger partial charge is 0.305 e. The van der Waals surface area contributed by atoms with Crippen molar-refractivity contribution in [2.45, 2.75) is 32.7 Å². The van der Waals surface area contributed by atoms with Gasteiger partial charge in [0, 0.05) is 18.0 Å². The van der Waals surface area contributed by atoms with Crippen LogP contribution in [0.1, 0.15) is 33.5 Å². The van der Waals surface area contributed by atoms with E-state index in [1.165, 1.54) is 16.2 Å². The Hall–Kier alpha value is -1.89. The van der Waals surface area contributed by atoms with Crippen LogP contribution in [0.5, 0.6) is 0 Å². The summed E-state index contributed by atoms with van der Waals surface area (Å²) < 4.78 is 0. The van der Waals surface area contributed by atoms with Crippen molar-refractivity contribution in [2.24, 2.45) is 0 Å². The Labute approximate surface area is 126 Å². The minimum absolute atomic E-state index is 0.260. The van der Waals surface area contributed by atoms with Gasteiger partial charge in [0.05, 0.1) is 11.3 Å². The van der Waals surface area contributed by atoms with Gasteiger partial charge in [0.2, 0.25) is 5.91 Å². The standard InChI is InChI=1S/C14H18N2O4S/c1-3-9-6-11(21-8(9)2)14(20)16-5-4-15-13(19)10(16)7-12(17)18/h6,10H,3-5,7H2,1-2H3,(H,15,19)(H,17,18). The molecule has 1 unspecified atom stereocenters. The molecule has 0 radical (unpaired) electrons. The van der Waals surface area contributed by atoms with Gasteiger partial charge in [-0.05, 0) is 25.0 Å². The van der Waals surface area contributed by atoms with E-state index in [2.05, 4.69) is 5.32 Å². The fraction of sp³-hybridized carbons (Fsp3) is 0.500. The van der Waals surface area contributed by atoms with Gasteiger partial charge in [0.25, 0.3) is 5.91 Å². The van der Waals surface area contributed by atoms with Gasteiger partial charge < -0.3 is 15.3 Å². The molecule has 2 N–H and O–H groups in total. The Morgan fingerprint density at radius 2 is 2.24 bits per heavy atom. The van der Waals surface area contributed by atoms with E-state index in [0.717, 1.165) is 16.9 Å². The number of carbonyl (C=O) groups is 3. The molecule has 0 aromatic carbocycles. The van der Waals surface area contributed by atoms with E-state index in [4.69, 9.17) is 5.11 Å². The number of rotatable bonds is 4. The molecular formula is C14H18N2O4S. The molecule has 21 heavy (non-hydrogen) atoms. The van der Waals surface area contributed by atoms with E-state index in [9.17, 15) is 14.4 Å². The molecule has 114 valence electrons. The summed E-state index contributed by atoms with van der Waals surface area (Å²) in [5, 5.41) is 11.5. The summed E-state index contributed by atoms with van der Waals surface area (Å²) in [4.78, 5) is 38.3. The van der Waals surface area contributed by atoms with E-state index in [1.54, 1.807) is 0 Å². The number of nitrogens with one attached hydrogen (secondary N) is 1. The topological polar surface area (TPSA) is 86.7 Å². The third-order valence-corrected chi connectivity index (χ3v) is 4.65. The number of piperazine rings is 1. The van der Waals surface area contributed by atoms with Crippen molar-refractivity contribution < 1.29 is 19.5 Å². The third kappa shape index (κ3) is 3.24. The molecule has 0 bridgehead atoms. The van der Waals surface area contributed by atoms with Crippen molar-refractivity contribution >= 4 is 29.1 Å². The van der Waals surface area contributed by atoms with Gasteiger partial charge in [-0.3, -0.25) is 14.4 Å². The third-order valence-electron chi connectivity index (χ3n) is 3.57. The second-order valence-electron chi connectivity index (χ2n) is 4.95. The zero-order valence-electron chi connectivity index (χ0n) is 12.0. The first-order valence-electron chi connectivity index (χ1n) is 6.83. The molecule has 0 spiro atoms. The molecule has 1 saturated heterocycles. The van der Waals surface area contributed by atoms with E-state index in [-0.39, 0.29) is 12.3 Å². The molecule has 1 aromatic heterocycles. The number of nitrogens with zero attached hydrogens (tertiary/aromatic N) is 1. The normalized spacial score (nSPS) is 18.5. The molecule has 7 heteroatoms. The Morgan fingerprint density at radius 1 is 1.52 bits per heavy atom. The van der Waals surface area contributed by atoms with Gasteiger partial charge in [-0.15, -0.1) is 11.3 Å². The predicted molar refractivity (Wildman–Crippen MR) is 78.5 cm³/mol. The van der Waals surface area contributed by atoms with Crippen molar-refractivity contribution in [1.82, 2.24) is 10.2 Å².